The van der Waals surface area contributed by atoms with E-state index in [-0.39, 0.29) is 5.56 Å². The molecule has 0 saturated carbocycles. The quantitative estimate of drug-likeness (QED) is 0.624. The number of benzene rings is 1. The van der Waals surface area contributed by atoms with Crippen LogP contribution in [-0.2, 0) is 14.8 Å². The van der Waals surface area contributed by atoms with Crippen LogP contribution in [0.15, 0.2) is 17.0 Å². The van der Waals surface area contributed by atoms with E-state index in [9.17, 15) is 27.7 Å². The van der Waals surface area contributed by atoms with Crippen LogP contribution in [0.5, 0.6) is 0 Å². The zero-order chi connectivity index (χ0) is 16.4. The fourth-order valence-electron chi connectivity index (χ4n) is 1.59. The number of amides is 1. The molecule has 0 aliphatic heterocycles. The van der Waals surface area contributed by atoms with Gasteiger partial charge in [0.05, 0.1) is 16.4 Å². The minimum absolute atomic E-state index is 0.0156. The van der Waals surface area contributed by atoms with Crippen LogP contribution in [-0.4, -0.2) is 44.2 Å². The van der Waals surface area contributed by atoms with Crippen molar-refractivity contribution in [2.45, 2.75) is 11.8 Å². The second-order valence-electron chi connectivity index (χ2n) is 4.26. The second-order valence-corrected chi connectivity index (χ2v) is 6.27. The van der Waals surface area contributed by atoms with Gasteiger partial charge in [0.25, 0.3) is 0 Å². The molecule has 0 spiro atoms. The minimum atomic E-state index is -4.15. The number of sulfonamides is 1. The molecule has 1 rings (SSSR count). The van der Waals surface area contributed by atoms with Crippen molar-refractivity contribution in [3.8, 4) is 0 Å². The molecule has 10 heteroatoms. The van der Waals surface area contributed by atoms with Crippen molar-refractivity contribution in [2.24, 2.45) is 0 Å². The largest absolute Gasteiger partial charge is 0.358 e. The van der Waals surface area contributed by atoms with E-state index >= 15 is 0 Å². The molecule has 116 valence electrons. The van der Waals surface area contributed by atoms with E-state index in [4.69, 9.17) is 0 Å². The Bertz CT molecular complexity index is 689. The van der Waals surface area contributed by atoms with Crippen LogP contribution < -0.4 is 5.32 Å². The van der Waals surface area contributed by atoms with Crippen molar-refractivity contribution < 1.29 is 22.5 Å². The number of rotatable bonds is 5. The molecule has 0 fully saturated rings. The SMILES string of the molecule is CNC(=O)CN(C)S(=O)(=O)c1cc([N+](=O)[O-])c(F)cc1C. The third-order valence-corrected chi connectivity index (χ3v) is 4.72. The lowest BCUT2D eigenvalue weighted by molar-refractivity contribution is -0.387. The molecular formula is C11H14FN3O5S. The first kappa shape index (κ1) is 17.0. The summed E-state index contributed by atoms with van der Waals surface area (Å²) in [5.74, 6) is -1.67. The van der Waals surface area contributed by atoms with Gasteiger partial charge in [-0.3, -0.25) is 14.9 Å². The Morgan fingerprint density at radius 1 is 1.48 bits per heavy atom. The zero-order valence-electron chi connectivity index (χ0n) is 11.6. The summed E-state index contributed by atoms with van der Waals surface area (Å²) in [6.45, 7) is 0.858. The molecule has 0 bridgehead atoms. The average Bonchev–Trinajstić information content (AvgIpc) is 2.37. The first-order valence-corrected chi connectivity index (χ1v) is 7.16. The number of nitro benzene ring substituents is 1. The summed E-state index contributed by atoms with van der Waals surface area (Å²) >= 11 is 0. The monoisotopic (exact) mass is 319 g/mol. The number of aryl methyl sites for hydroxylation is 1. The molecular weight excluding hydrogens is 305 g/mol. The van der Waals surface area contributed by atoms with Crippen molar-refractivity contribution in [3.05, 3.63) is 33.6 Å². The number of nitrogens with one attached hydrogen (secondary N) is 1. The lowest BCUT2D eigenvalue weighted by Gasteiger charge is -2.17. The van der Waals surface area contributed by atoms with E-state index in [0.29, 0.717) is 6.07 Å². The van der Waals surface area contributed by atoms with Crippen LogP contribution in [0.2, 0.25) is 0 Å². The van der Waals surface area contributed by atoms with E-state index in [0.717, 1.165) is 17.4 Å². The fourth-order valence-corrected chi connectivity index (χ4v) is 2.94. The van der Waals surface area contributed by atoms with Crippen molar-refractivity contribution in [2.75, 3.05) is 20.6 Å². The highest BCUT2D eigenvalue weighted by Gasteiger charge is 2.28. The summed E-state index contributed by atoms with van der Waals surface area (Å²) in [4.78, 5) is 20.5. The van der Waals surface area contributed by atoms with Crippen LogP contribution in [0.3, 0.4) is 0 Å². The van der Waals surface area contributed by atoms with Crippen LogP contribution in [0.25, 0.3) is 0 Å². The van der Waals surface area contributed by atoms with Gasteiger partial charge >= 0.3 is 5.69 Å². The van der Waals surface area contributed by atoms with Crippen molar-refractivity contribution in [3.63, 3.8) is 0 Å². The Morgan fingerprint density at radius 2 is 2.05 bits per heavy atom. The van der Waals surface area contributed by atoms with Crippen LogP contribution in [0.1, 0.15) is 5.56 Å². The number of halogens is 1. The molecule has 0 atom stereocenters. The first-order valence-electron chi connectivity index (χ1n) is 5.72. The molecule has 1 amide bonds. The third-order valence-electron chi connectivity index (χ3n) is 2.77. The highest BCUT2D eigenvalue weighted by Crippen LogP contribution is 2.26. The predicted octanol–water partition coefficient (Wildman–Crippen LogP) is 0.409. The number of nitrogens with zero attached hydrogens (tertiary/aromatic N) is 2. The minimum Gasteiger partial charge on any atom is -0.358 e. The molecule has 0 aliphatic carbocycles. The lowest BCUT2D eigenvalue weighted by Crippen LogP contribution is -2.37. The molecule has 0 saturated heterocycles. The number of likely N-dealkylation sites (N-methyl/N-ethyl adjacent to an activating group) is 2. The van der Waals surface area contributed by atoms with E-state index in [1.807, 2.05) is 0 Å². The van der Waals surface area contributed by atoms with Gasteiger partial charge in [-0.05, 0) is 18.6 Å². The topological polar surface area (TPSA) is 110 Å². The summed E-state index contributed by atoms with van der Waals surface area (Å²) in [5, 5.41) is 13.0. The number of hydrogen-bond donors (Lipinski definition) is 1. The first-order chi connectivity index (χ1) is 9.61. The summed E-state index contributed by atoms with van der Waals surface area (Å²) in [7, 11) is -1.65. The summed E-state index contributed by atoms with van der Waals surface area (Å²) < 4.78 is 38.7. The highest BCUT2D eigenvalue weighted by atomic mass is 32.2. The van der Waals surface area contributed by atoms with Gasteiger partial charge in [0.1, 0.15) is 0 Å². The molecule has 21 heavy (non-hydrogen) atoms. The molecule has 0 aromatic heterocycles. The molecule has 0 radical (unpaired) electrons. The Hall–Kier alpha value is -2.07. The Kier molecular flexibility index (Phi) is 4.97. The number of carbonyl (C=O) groups is 1. The predicted molar refractivity (Wildman–Crippen MR) is 71.7 cm³/mol. The molecule has 1 aromatic rings. The van der Waals surface area contributed by atoms with Gasteiger partial charge < -0.3 is 5.32 Å². The van der Waals surface area contributed by atoms with E-state index < -0.39 is 43.8 Å². The van der Waals surface area contributed by atoms with Gasteiger partial charge in [-0.15, -0.1) is 0 Å². The van der Waals surface area contributed by atoms with Gasteiger partial charge in [-0.2, -0.15) is 8.70 Å². The molecule has 1 aromatic carbocycles. The third kappa shape index (κ3) is 3.52. The standard InChI is InChI=1S/C11H14FN3O5S/c1-7-4-8(12)9(15(17)18)5-10(7)21(19,20)14(3)6-11(16)13-2/h4-5H,6H2,1-3H3,(H,13,16). The van der Waals surface area contributed by atoms with Gasteiger partial charge in [0.15, 0.2) is 0 Å². The second kappa shape index (κ2) is 6.14. The van der Waals surface area contributed by atoms with Crippen LogP contribution >= 0.6 is 0 Å². The van der Waals surface area contributed by atoms with E-state index in [1.165, 1.54) is 14.0 Å². The number of nitro groups is 1. The fraction of sp³-hybridized carbons (Fsp3) is 0.364. The molecule has 0 aliphatic rings. The normalized spacial score (nSPS) is 11.5. The Labute approximate surface area is 120 Å². The van der Waals surface area contributed by atoms with Crippen molar-refractivity contribution in [1.29, 1.82) is 0 Å². The summed E-state index contributed by atoms with van der Waals surface area (Å²) in [6.07, 6.45) is 0. The smallest absolute Gasteiger partial charge is 0.306 e. The lowest BCUT2D eigenvalue weighted by atomic mass is 10.2. The zero-order valence-corrected chi connectivity index (χ0v) is 12.4. The van der Waals surface area contributed by atoms with Crippen molar-refractivity contribution in [1.82, 2.24) is 9.62 Å². The Morgan fingerprint density at radius 3 is 2.52 bits per heavy atom. The highest BCUT2D eigenvalue weighted by molar-refractivity contribution is 7.89. The number of carbonyl (C=O) groups excluding carboxylic acids is 1. The van der Waals surface area contributed by atoms with Crippen molar-refractivity contribution >= 4 is 21.6 Å². The van der Waals surface area contributed by atoms with Gasteiger partial charge in [-0.1, -0.05) is 0 Å². The summed E-state index contributed by atoms with van der Waals surface area (Å²) in [5.41, 5.74) is -0.922. The average molecular weight is 319 g/mol. The van der Waals surface area contributed by atoms with Gasteiger partial charge in [0, 0.05) is 20.2 Å². The maximum Gasteiger partial charge on any atom is 0.306 e. The molecule has 8 nitrogen and oxygen atoms in total. The van der Waals surface area contributed by atoms with Crippen LogP contribution in [0, 0.1) is 22.9 Å². The van der Waals surface area contributed by atoms with Crippen LogP contribution in [0.4, 0.5) is 10.1 Å². The number of hydrogen-bond acceptors (Lipinski definition) is 5. The van der Waals surface area contributed by atoms with Gasteiger partial charge in [0.2, 0.25) is 21.7 Å². The van der Waals surface area contributed by atoms with E-state index in [1.54, 1.807) is 0 Å². The maximum atomic E-state index is 13.4. The Balaban J connectivity index is 3.34. The maximum absolute atomic E-state index is 13.4. The van der Waals surface area contributed by atoms with Gasteiger partial charge in [-0.25, -0.2) is 8.42 Å². The summed E-state index contributed by atoms with van der Waals surface area (Å²) in [6, 6.07) is 1.43. The molecule has 0 heterocycles. The molecule has 0 unspecified atom stereocenters. The van der Waals surface area contributed by atoms with E-state index in [2.05, 4.69) is 5.32 Å². The molecule has 1 N–H and O–H groups in total.